The van der Waals surface area contributed by atoms with Crippen molar-refractivity contribution in [3.63, 3.8) is 0 Å². The van der Waals surface area contributed by atoms with Gasteiger partial charge >= 0.3 is 0 Å². The van der Waals surface area contributed by atoms with Crippen LogP contribution in [0.15, 0.2) is 23.8 Å². The molecule has 0 N–H and O–H groups in total. The number of rotatable bonds is 4. The highest BCUT2D eigenvalue weighted by molar-refractivity contribution is 6.19. The van der Waals surface area contributed by atoms with Gasteiger partial charge < -0.3 is 9.47 Å². The highest BCUT2D eigenvalue weighted by Crippen LogP contribution is 2.32. The Labute approximate surface area is 95.5 Å². The summed E-state index contributed by atoms with van der Waals surface area (Å²) in [6, 6.07) is 5.76. The maximum Gasteiger partial charge on any atom is 0.167 e. The van der Waals surface area contributed by atoms with E-state index in [0.717, 1.165) is 22.6 Å². The molecular formula is C12H15ClO2. The van der Waals surface area contributed by atoms with E-state index in [1.165, 1.54) is 0 Å². The molecule has 0 bridgehead atoms. The number of methoxy groups -OCH3 is 2. The summed E-state index contributed by atoms with van der Waals surface area (Å²) in [7, 11) is 3.25. The molecule has 82 valence electrons. The van der Waals surface area contributed by atoms with Crippen molar-refractivity contribution in [1.29, 1.82) is 0 Å². The summed E-state index contributed by atoms with van der Waals surface area (Å²) < 4.78 is 10.5. The highest BCUT2D eigenvalue weighted by atomic mass is 35.5. The quantitative estimate of drug-likeness (QED) is 0.734. The molecule has 0 atom stereocenters. The number of allylic oxidation sites excluding steroid dienone is 1. The van der Waals surface area contributed by atoms with Crippen LogP contribution in [0.1, 0.15) is 12.5 Å². The van der Waals surface area contributed by atoms with Gasteiger partial charge in [-0.3, -0.25) is 0 Å². The lowest BCUT2D eigenvalue weighted by Crippen LogP contribution is -1.93. The van der Waals surface area contributed by atoms with E-state index < -0.39 is 0 Å². The van der Waals surface area contributed by atoms with E-state index in [1.54, 1.807) is 14.2 Å². The first kappa shape index (κ1) is 11.9. The Kier molecular flexibility index (Phi) is 4.50. The third kappa shape index (κ3) is 2.90. The van der Waals surface area contributed by atoms with Crippen molar-refractivity contribution < 1.29 is 9.47 Å². The van der Waals surface area contributed by atoms with Gasteiger partial charge in [0.15, 0.2) is 11.5 Å². The van der Waals surface area contributed by atoms with Gasteiger partial charge in [0.05, 0.1) is 14.2 Å². The Morgan fingerprint density at radius 1 is 1.33 bits per heavy atom. The van der Waals surface area contributed by atoms with Crippen molar-refractivity contribution in [3.05, 3.63) is 29.3 Å². The molecule has 2 nitrogen and oxygen atoms in total. The van der Waals surface area contributed by atoms with E-state index in [9.17, 15) is 0 Å². The van der Waals surface area contributed by atoms with Crippen LogP contribution >= 0.6 is 11.6 Å². The van der Waals surface area contributed by atoms with Gasteiger partial charge in [-0.1, -0.05) is 23.8 Å². The lowest BCUT2D eigenvalue weighted by molar-refractivity contribution is 0.354. The monoisotopic (exact) mass is 226 g/mol. The number of hydrogen-bond donors (Lipinski definition) is 0. The minimum absolute atomic E-state index is 0.514. The molecule has 0 heterocycles. The molecule has 3 heteroatoms. The van der Waals surface area contributed by atoms with Crippen molar-refractivity contribution in [2.45, 2.75) is 6.92 Å². The molecule has 0 spiro atoms. The fourth-order valence-electron chi connectivity index (χ4n) is 1.33. The molecular weight excluding hydrogens is 212 g/mol. The topological polar surface area (TPSA) is 18.5 Å². The summed E-state index contributed by atoms with van der Waals surface area (Å²) in [5.74, 6) is 1.98. The van der Waals surface area contributed by atoms with E-state index in [4.69, 9.17) is 21.1 Å². The smallest absolute Gasteiger partial charge is 0.167 e. The predicted octanol–water partition coefficient (Wildman–Crippen LogP) is 3.35. The number of halogens is 1. The minimum Gasteiger partial charge on any atom is -0.493 e. The molecule has 0 saturated heterocycles. The summed E-state index contributed by atoms with van der Waals surface area (Å²) in [5, 5.41) is 0. The van der Waals surface area contributed by atoms with Crippen LogP contribution in [0.25, 0.3) is 6.08 Å². The number of hydrogen-bond acceptors (Lipinski definition) is 2. The Bertz CT molecular complexity index is 359. The maximum absolute atomic E-state index is 5.73. The van der Waals surface area contributed by atoms with Gasteiger partial charge in [-0.2, -0.15) is 0 Å². The fourth-order valence-corrected chi connectivity index (χ4v) is 1.41. The van der Waals surface area contributed by atoms with Crippen molar-refractivity contribution in [1.82, 2.24) is 0 Å². The van der Waals surface area contributed by atoms with Crippen LogP contribution in [-0.2, 0) is 0 Å². The van der Waals surface area contributed by atoms with Crippen LogP contribution in [-0.4, -0.2) is 20.1 Å². The van der Waals surface area contributed by atoms with Crippen LogP contribution in [0.4, 0.5) is 0 Å². The molecule has 0 fully saturated rings. The molecule has 0 aliphatic heterocycles. The standard InChI is InChI=1S/C12H15ClO2/c1-9(8-13)7-10-5-4-6-11(14-2)12(10)15-3/h4-7H,8H2,1-3H3. The summed E-state index contributed by atoms with van der Waals surface area (Å²) in [4.78, 5) is 0. The summed E-state index contributed by atoms with van der Waals surface area (Å²) in [5.41, 5.74) is 2.07. The number of benzene rings is 1. The molecule has 0 aliphatic carbocycles. The molecule has 0 aliphatic rings. The first-order valence-electron chi connectivity index (χ1n) is 4.67. The third-order valence-electron chi connectivity index (χ3n) is 2.05. The highest BCUT2D eigenvalue weighted by Gasteiger charge is 2.06. The third-order valence-corrected chi connectivity index (χ3v) is 2.47. The average molecular weight is 227 g/mol. The van der Waals surface area contributed by atoms with Gasteiger partial charge in [0, 0.05) is 11.4 Å². The second-order valence-electron chi connectivity index (χ2n) is 3.21. The van der Waals surface area contributed by atoms with Gasteiger partial charge in [-0.05, 0) is 13.0 Å². The fraction of sp³-hybridized carbons (Fsp3) is 0.333. The molecule has 0 unspecified atom stereocenters. The van der Waals surface area contributed by atoms with Crippen molar-refractivity contribution in [2.24, 2.45) is 0 Å². The molecule has 15 heavy (non-hydrogen) atoms. The molecule has 0 amide bonds. The lowest BCUT2D eigenvalue weighted by atomic mass is 10.1. The van der Waals surface area contributed by atoms with E-state index in [0.29, 0.717) is 5.88 Å². The number of para-hydroxylation sites is 1. The van der Waals surface area contributed by atoms with Gasteiger partial charge in [0.2, 0.25) is 0 Å². The van der Waals surface area contributed by atoms with Crippen LogP contribution in [0.2, 0.25) is 0 Å². The van der Waals surface area contributed by atoms with E-state index >= 15 is 0 Å². The molecule has 0 aromatic heterocycles. The zero-order valence-electron chi connectivity index (χ0n) is 9.21. The molecule has 1 aromatic rings. The Hall–Kier alpha value is -1.15. The minimum atomic E-state index is 0.514. The Morgan fingerprint density at radius 3 is 2.60 bits per heavy atom. The van der Waals surface area contributed by atoms with Crippen LogP contribution in [0.3, 0.4) is 0 Å². The van der Waals surface area contributed by atoms with Crippen molar-refractivity contribution in [3.8, 4) is 11.5 Å². The molecule has 1 rings (SSSR count). The Morgan fingerprint density at radius 2 is 2.07 bits per heavy atom. The lowest BCUT2D eigenvalue weighted by Gasteiger charge is -2.10. The second kappa shape index (κ2) is 5.66. The van der Waals surface area contributed by atoms with Crippen LogP contribution in [0, 0.1) is 0 Å². The summed E-state index contributed by atoms with van der Waals surface area (Å²) in [6.07, 6.45) is 1.99. The van der Waals surface area contributed by atoms with Gasteiger partial charge in [-0.25, -0.2) is 0 Å². The van der Waals surface area contributed by atoms with Crippen molar-refractivity contribution >= 4 is 17.7 Å². The van der Waals surface area contributed by atoms with E-state index in [-0.39, 0.29) is 0 Å². The first-order valence-corrected chi connectivity index (χ1v) is 5.20. The predicted molar refractivity (Wildman–Crippen MR) is 63.9 cm³/mol. The first-order chi connectivity index (χ1) is 7.22. The largest absolute Gasteiger partial charge is 0.493 e. The van der Waals surface area contributed by atoms with Crippen LogP contribution in [0.5, 0.6) is 11.5 Å². The van der Waals surface area contributed by atoms with Crippen LogP contribution < -0.4 is 9.47 Å². The second-order valence-corrected chi connectivity index (χ2v) is 3.47. The number of ether oxygens (including phenoxy) is 2. The number of alkyl halides is 1. The van der Waals surface area contributed by atoms with Crippen molar-refractivity contribution in [2.75, 3.05) is 20.1 Å². The zero-order chi connectivity index (χ0) is 11.3. The normalized spacial score (nSPS) is 11.3. The van der Waals surface area contributed by atoms with Gasteiger partial charge in [-0.15, -0.1) is 11.6 Å². The maximum atomic E-state index is 5.73. The average Bonchev–Trinajstić information content (AvgIpc) is 2.28. The Balaban J connectivity index is 3.17. The molecule has 1 aromatic carbocycles. The van der Waals surface area contributed by atoms with Gasteiger partial charge in [0.1, 0.15) is 0 Å². The molecule has 0 radical (unpaired) electrons. The summed E-state index contributed by atoms with van der Waals surface area (Å²) >= 11 is 5.73. The van der Waals surface area contributed by atoms with E-state index in [1.807, 2.05) is 31.2 Å². The zero-order valence-corrected chi connectivity index (χ0v) is 9.97. The van der Waals surface area contributed by atoms with Gasteiger partial charge in [0.25, 0.3) is 0 Å². The molecule has 0 saturated carbocycles. The van der Waals surface area contributed by atoms with E-state index in [2.05, 4.69) is 0 Å². The SMILES string of the molecule is COc1cccc(C=C(C)CCl)c1OC. The summed E-state index contributed by atoms with van der Waals surface area (Å²) in [6.45, 7) is 1.98.